The van der Waals surface area contributed by atoms with Crippen molar-refractivity contribution in [1.82, 2.24) is 14.7 Å². The van der Waals surface area contributed by atoms with Crippen LogP contribution in [0.15, 0.2) is 54.6 Å². The number of ether oxygens (including phenoxy) is 1. The van der Waals surface area contributed by atoms with Crippen LogP contribution in [0.1, 0.15) is 56.7 Å². The van der Waals surface area contributed by atoms with E-state index in [1.54, 1.807) is 0 Å². The molecular weight excluding hydrogens is 394 g/mol. The molecule has 0 bridgehead atoms. The van der Waals surface area contributed by atoms with Gasteiger partial charge in [-0.2, -0.15) is 5.10 Å². The van der Waals surface area contributed by atoms with Crippen LogP contribution in [0.3, 0.4) is 0 Å². The van der Waals surface area contributed by atoms with Crippen molar-refractivity contribution < 1.29 is 4.74 Å². The Hall–Kier alpha value is -2.59. The lowest BCUT2D eigenvalue weighted by molar-refractivity contribution is 0.240. The monoisotopic (exact) mass is 431 g/mol. The van der Waals surface area contributed by atoms with Crippen LogP contribution >= 0.6 is 0 Å². The Kier molecular flexibility index (Phi) is 8.00. The molecule has 0 aliphatic carbocycles. The molecule has 1 aliphatic rings. The number of rotatable bonds is 9. The fourth-order valence-corrected chi connectivity index (χ4v) is 4.67. The standard InChI is InChI=1S/C28H37N3O/c1-3-11-24-12-6-7-13-27(24)28-22-23(2)29-31(28)25-14-16-26(17-15-25)32-21-10-20-30-18-8-4-5-9-19-30/h6-7,12-17,22H,3-5,8-11,18-21H2,1-2H3. The maximum Gasteiger partial charge on any atom is 0.119 e. The summed E-state index contributed by atoms with van der Waals surface area (Å²) in [5, 5.41) is 4.79. The van der Waals surface area contributed by atoms with E-state index in [1.807, 2.05) is 0 Å². The molecule has 0 spiro atoms. The van der Waals surface area contributed by atoms with Crippen LogP contribution in [-0.2, 0) is 6.42 Å². The molecule has 4 heteroatoms. The maximum absolute atomic E-state index is 6.03. The quantitative estimate of drug-likeness (QED) is 0.365. The predicted molar refractivity (Wildman–Crippen MR) is 133 cm³/mol. The fourth-order valence-electron chi connectivity index (χ4n) is 4.67. The summed E-state index contributed by atoms with van der Waals surface area (Å²) < 4.78 is 8.10. The largest absolute Gasteiger partial charge is 0.494 e. The van der Waals surface area contributed by atoms with E-state index in [0.717, 1.165) is 55.2 Å². The molecule has 170 valence electrons. The first kappa shape index (κ1) is 22.6. The van der Waals surface area contributed by atoms with E-state index in [0.29, 0.717) is 0 Å². The lowest BCUT2D eigenvalue weighted by Gasteiger charge is -2.19. The number of likely N-dealkylation sites (tertiary alicyclic amines) is 1. The smallest absolute Gasteiger partial charge is 0.119 e. The highest BCUT2D eigenvalue weighted by Crippen LogP contribution is 2.28. The van der Waals surface area contributed by atoms with E-state index in [-0.39, 0.29) is 0 Å². The lowest BCUT2D eigenvalue weighted by Crippen LogP contribution is -2.26. The van der Waals surface area contributed by atoms with Gasteiger partial charge in [-0.1, -0.05) is 50.5 Å². The summed E-state index contributed by atoms with van der Waals surface area (Å²) in [6, 6.07) is 19.2. The summed E-state index contributed by atoms with van der Waals surface area (Å²) in [6.07, 6.45) is 8.76. The summed E-state index contributed by atoms with van der Waals surface area (Å²) in [4.78, 5) is 2.59. The third-order valence-corrected chi connectivity index (χ3v) is 6.31. The summed E-state index contributed by atoms with van der Waals surface area (Å²) in [5.41, 5.74) is 5.89. The molecule has 1 fully saturated rings. The normalized spacial score (nSPS) is 14.9. The SMILES string of the molecule is CCCc1ccccc1-c1cc(C)nn1-c1ccc(OCCCN2CCCCCC2)cc1. The van der Waals surface area contributed by atoms with Crippen LogP contribution in [-0.4, -0.2) is 40.9 Å². The molecule has 2 aromatic carbocycles. The van der Waals surface area contributed by atoms with Crippen LogP contribution in [0, 0.1) is 6.92 Å². The first-order valence-electron chi connectivity index (χ1n) is 12.3. The van der Waals surface area contributed by atoms with Gasteiger partial charge in [-0.3, -0.25) is 0 Å². The number of benzene rings is 2. The number of hydrogen-bond donors (Lipinski definition) is 0. The van der Waals surface area contributed by atoms with Crippen molar-refractivity contribution in [3.8, 4) is 22.7 Å². The van der Waals surface area contributed by atoms with Crippen molar-refractivity contribution in [2.24, 2.45) is 0 Å². The Morgan fingerprint density at radius 3 is 2.44 bits per heavy atom. The van der Waals surface area contributed by atoms with E-state index < -0.39 is 0 Å². The topological polar surface area (TPSA) is 30.3 Å². The Bertz CT molecular complexity index is 969. The van der Waals surface area contributed by atoms with Crippen LogP contribution in [0.25, 0.3) is 16.9 Å². The van der Waals surface area contributed by atoms with Crippen LogP contribution < -0.4 is 4.74 Å². The van der Waals surface area contributed by atoms with Crippen molar-refractivity contribution in [3.63, 3.8) is 0 Å². The Balaban J connectivity index is 1.40. The molecule has 0 saturated carbocycles. The van der Waals surface area contributed by atoms with Gasteiger partial charge in [0, 0.05) is 12.1 Å². The molecular formula is C28H37N3O. The molecule has 1 saturated heterocycles. The Morgan fingerprint density at radius 2 is 1.69 bits per heavy atom. The number of nitrogens with zero attached hydrogens (tertiary/aromatic N) is 3. The molecule has 0 amide bonds. The molecule has 0 unspecified atom stereocenters. The Labute approximate surface area is 193 Å². The van der Waals surface area contributed by atoms with Gasteiger partial charge < -0.3 is 9.64 Å². The molecule has 0 N–H and O–H groups in total. The Morgan fingerprint density at radius 1 is 0.938 bits per heavy atom. The zero-order chi connectivity index (χ0) is 22.2. The summed E-state index contributed by atoms with van der Waals surface area (Å²) in [6.45, 7) is 8.71. The van der Waals surface area contributed by atoms with Gasteiger partial charge in [-0.15, -0.1) is 0 Å². The van der Waals surface area contributed by atoms with Gasteiger partial charge in [0.1, 0.15) is 5.75 Å². The number of aryl methyl sites for hydroxylation is 2. The van der Waals surface area contributed by atoms with Crippen molar-refractivity contribution >= 4 is 0 Å². The van der Waals surface area contributed by atoms with E-state index in [1.165, 1.54) is 49.9 Å². The van der Waals surface area contributed by atoms with E-state index in [4.69, 9.17) is 9.84 Å². The highest BCUT2D eigenvalue weighted by Gasteiger charge is 2.13. The lowest BCUT2D eigenvalue weighted by atomic mass is 10.0. The fraction of sp³-hybridized carbons (Fsp3) is 0.464. The van der Waals surface area contributed by atoms with Gasteiger partial charge in [-0.25, -0.2) is 4.68 Å². The minimum Gasteiger partial charge on any atom is -0.494 e. The second-order valence-electron chi connectivity index (χ2n) is 8.94. The van der Waals surface area contributed by atoms with Gasteiger partial charge >= 0.3 is 0 Å². The molecule has 0 atom stereocenters. The second-order valence-corrected chi connectivity index (χ2v) is 8.94. The minimum atomic E-state index is 0.770. The summed E-state index contributed by atoms with van der Waals surface area (Å²) in [5.74, 6) is 0.932. The van der Waals surface area contributed by atoms with Crippen molar-refractivity contribution in [2.45, 2.75) is 58.8 Å². The first-order chi connectivity index (χ1) is 15.7. The van der Waals surface area contributed by atoms with Gasteiger partial charge in [-0.05, 0) is 81.6 Å². The third-order valence-electron chi connectivity index (χ3n) is 6.31. The van der Waals surface area contributed by atoms with E-state index in [2.05, 4.69) is 78.0 Å². The zero-order valence-electron chi connectivity index (χ0n) is 19.7. The zero-order valence-corrected chi connectivity index (χ0v) is 19.7. The van der Waals surface area contributed by atoms with Crippen LogP contribution in [0.2, 0.25) is 0 Å². The van der Waals surface area contributed by atoms with Gasteiger partial charge in [0.05, 0.1) is 23.7 Å². The van der Waals surface area contributed by atoms with Gasteiger partial charge in [0.25, 0.3) is 0 Å². The summed E-state index contributed by atoms with van der Waals surface area (Å²) in [7, 11) is 0. The minimum absolute atomic E-state index is 0.770. The van der Waals surface area contributed by atoms with Gasteiger partial charge in [0.15, 0.2) is 0 Å². The van der Waals surface area contributed by atoms with Crippen molar-refractivity contribution in [3.05, 3.63) is 65.9 Å². The third kappa shape index (κ3) is 5.80. The van der Waals surface area contributed by atoms with Crippen LogP contribution in [0.4, 0.5) is 0 Å². The maximum atomic E-state index is 6.03. The molecule has 4 nitrogen and oxygen atoms in total. The molecule has 4 rings (SSSR count). The van der Waals surface area contributed by atoms with Crippen LogP contribution in [0.5, 0.6) is 5.75 Å². The van der Waals surface area contributed by atoms with Crippen molar-refractivity contribution in [2.75, 3.05) is 26.2 Å². The van der Waals surface area contributed by atoms with E-state index >= 15 is 0 Å². The average molecular weight is 432 g/mol. The molecule has 3 aromatic rings. The van der Waals surface area contributed by atoms with Crippen molar-refractivity contribution in [1.29, 1.82) is 0 Å². The van der Waals surface area contributed by atoms with E-state index in [9.17, 15) is 0 Å². The highest BCUT2D eigenvalue weighted by molar-refractivity contribution is 5.66. The first-order valence-corrected chi connectivity index (χ1v) is 12.3. The average Bonchev–Trinajstić information content (AvgIpc) is 3.02. The summed E-state index contributed by atoms with van der Waals surface area (Å²) >= 11 is 0. The molecule has 1 aromatic heterocycles. The molecule has 32 heavy (non-hydrogen) atoms. The molecule has 0 radical (unpaired) electrons. The molecule has 2 heterocycles. The molecule has 1 aliphatic heterocycles. The highest BCUT2D eigenvalue weighted by atomic mass is 16.5. The van der Waals surface area contributed by atoms with Gasteiger partial charge in [0.2, 0.25) is 0 Å². The second kappa shape index (κ2) is 11.3. The number of aromatic nitrogens is 2. The number of hydrogen-bond acceptors (Lipinski definition) is 3. The predicted octanol–water partition coefficient (Wildman–Crippen LogP) is 6.45.